The first-order valence-electron chi connectivity index (χ1n) is 8.88. The van der Waals surface area contributed by atoms with Crippen molar-refractivity contribution in [3.05, 3.63) is 102 Å². The number of benzene rings is 3. The predicted octanol–water partition coefficient (Wildman–Crippen LogP) is 6.47. The zero-order valence-corrected chi connectivity index (χ0v) is 15.2. The van der Waals surface area contributed by atoms with E-state index in [2.05, 4.69) is 22.5 Å². The molecular formula is C23H21N3O. The number of rotatable bonds is 7. The molecule has 0 aromatic heterocycles. The Balaban J connectivity index is 1.55. The van der Waals surface area contributed by atoms with E-state index in [1.54, 1.807) is 6.20 Å². The molecule has 0 atom stereocenters. The van der Waals surface area contributed by atoms with Crippen LogP contribution in [0.5, 0.6) is 0 Å². The van der Waals surface area contributed by atoms with Gasteiger partial charge in [0.25, 0.3) is 0 Å². The van der Waals surface area contributed by atoms with Crippen LogP contribution in [0.15, 0.2) is 101 Å². The molecule has 3 rings (SSSR count). The van der Waals surface area contributed by atoms with E-state index in [0.717, 1.165) is 23.5 Å². The fourth-order valence-electron chi connectivity index (χ4n) is 2.45. The summed E-state index contributed by atoms with van der Waals surface area (Å²) in [5.41, 5.74) is 4.35. The predicted molar refractivity (Wildman–Crippen MR) is 110 cm³/mol. The lowest BCUT2D eigenvalue weighted by Gasteiger charge is -2.01. The Morgan fingerprint density at radius 1 is 0.852 bits per heavy atom. The third-order valence-electron chi connectivity index (χ3n) is 4.04. The van der Waals surface area contributed by atoms with Crippen LogP contribution in [-0.4, -0.2) is 5.78 Å². The average molecular weight is 355 g/mol. The molecule has 4 nitrogen and oxygen atoms in total. The van der Waals surface area contributed by atoms with Gasteiger partial charge >= 0.3 is 0 Å². The SMILES string of the molecule is CCc1ccc(C(=O)/C=C/Nc2ccc(N=Nc3ccccc3)cc2)cc1. The van der Waals surface area contributed by atoms with Gasteiger partial charge in [0.2, 0.25) is 0 Å². The van der Waals surface area contributed by atoms with E-state index >= 15 is 0 Å². The number of nitrogens with one attached hydrogen (secondary N) is 1. The summed E-state index contributed by atoms with van der Waals surface area (Å²) >= 11 is 0. The standard InChI is InChI=1S/C23H21N3O/c1-2-18-8-10-19(11-9-18)23(27)16-17-24-20-12-14-22(15-13-20)26-25-21-6-4-3-5-7-21/h3-17,24H,2H2,1H3/b17-16+,26-25?. The van der Waals surface area contributed by atoms with Crippen molar-refractivity contribution in [1.29, 1.82) is 0 Å². The minimum atomic E-state index is -0.0292. The van der Waals surface area contributed by atoms with Crippen LogP contribution in [-0.2, 0) is 6.42 Å². The first-order chi connectivity index (χ1) is 13.2. The smallest absolute Gasteiger partial charge is 0.187 e. The molecule has 0 amide bonds. The van der Waals surface area contributed by atoms with Gasteiger partial charge in [0.15, 0.2) is 5.78 Å². The van der Waals surface area contributed by atoms with Crippen molar-refractivity contribution < 1.29 is 4.79 Å². The molecule has 0 saturated heterocycles. The van der Waals surface area contributed by atoms with Crippen LogP contribution >= 0.6 is 0 Å². The van der Waals surface area contributed by atoms with Gasteiger partial charge in [-0.25, -0.2) is 0 Å². The second-order valence-corrected chi connectivity index (χ2v) is 5.97. The maximum atomic E-state index is 12.2. The Morgan fingerprint density at radius 2 is 1.48 bits per heavy atom. The van der Waals surface area contributed by atoms with Crippen molar-refractivity contribution in [3.63, 3.8) is 0 Å². The van der Waals surface area contributed by atoms with Crippen LogP contribution in [0.25, 0.3) is 0 Å². The quantitative estimate of drug-likeness (QED) is 0.300. The van der Waals surface area contributed by atoms with Crippen molar-refractivity contribution >= 4 is 22.8 Å². The van der Waals surface area contributed by atoms with Crippen molar-refractivity contribution in [3.8, 4) is 0 Å². The molecule has 3 aromatic rings. The molecule has 4 heteroatoms. The van der Waals surface area contributed by atoms with Crippen LogP contribution in [0, 0.1) is 0 Å². The zero-order valence-electron chi connectivity index (χ0n) is 15.2. The van der Waals surface area contributed by atoms with Crippen molar-refractivity contribution in [1.82, 2.24) is 0 Å². The molecule has 0 aliphatic heterocycles. The van der Waals surface area contributed by atoms with E-state index in [0.29, 0.717) is 5.56 Å². The number of azo groups is 1. The van der Waals surface area contributed by atoms with Gasteiger partial charge in [-0.15, -0.1) is 0 Å². The van der Waals surface area contributed by atoms with E-state index in [9.17, 15) is 4.79 Å². The number of nitrogens with zero attached hydrogens (tertiary/aromatic N) is 2. The Morgan fingerprint density at radius 3 is 2.11 bits per heavy atom. The van der Waals surface area contributed by atoms with Crippen LogP contribution < -0.4 is 5.32 Å². The molecule has 1 N–H and O–H groups in total. The van der Waals surface area contributed by atoms with E-state index in [-0.39, 0.29) is 5.78 Å². The van der Waals surface area contributed by atoms with Crippen LogP contribution in [0.2, 0.25) is 0 Å². The van der Waals surface area contributed by atoms with Crippen LogP contribution in [0.4, 0.5) is 17.1 Å². The van der Waals surface area contributed by atoms with Gasteiger partial charge in [0.05, 0.1) is 11.4 Å². The Bertz CT molecular complexity index is 928. The molecule has 3 aromatic carbocycles. The molecule has 0 aliphatic rings. The summed E-state index contributed by atoms with van der Waals surface area (Å²) in [6.45, 7) is 2.09. The number of carbonyl (C=O) groups is 1. The normalized spacial score (nSPS) is 11.1. The third kappa shape index (κ3) is 5.47. The van der Waals surface area contributed by atoms with Crippen molar-refractivity contribution in [2.24, 2.45) is 10.2 Å². The van der Waals surface area contributed by atoms with Gasteiger partial charge in [0, 0.05) is 23.5 Å². The number of ketones is 1. The summed E-state index contributed by atoms with van der Waals surface area (Å²) < 4.78 is 0. The topological polar surface area (TPSA) is 53.8 Å². The molecule has 0 spiro atoms. The number of allylic oxidation sites excluding steroid dienone is 1. The fourth-order valence-corrected chi connectivity index (χ4v) is 2.45. The average Bonchev–Trinajstić information content (AvgIpc) is 2.74. The molecule has 0 unspecified atom stereocenters. The summed E-state index contributed by atoms with van der Waals surface area (Å²) in [5, 5.41) is 11.5. The molecule has 0 radical (unpaired) electrons. The number of aryl methyl sites for hydroxylation is 1. The Hall–Kier alpha value is -3.53. The zero-order chi connectivity index (χ0) is 18.9. The van der Waals surface area contributed by atoms with Gasteiger partial charge in [-0.2, -0.15) is 10.2 Å². The molecule has 0 fully saturated rings. The van der Waals surface area contributed by atoms with Crippen LogP contribution in [0.3, 0.4) is 0 Å². The molecule has 0 bridgehead atoms. The van der Waals surface area contributed by atoms with Gasteiger partial charge in [-0.3, -0.25) is 4.79 Å². The van der Waals surface area contributed by atoms with Gasteiger partial charge < -0.3 is 5.32 Å². The lowest BCUT2D eigenvalue weighted by Crippen LogP contribution is -1.96. The summed E-state index contributed by atoms with van der Waals surface area (Å²) in [6.07, 6.45) is 4.15. The second kappa shape index (κ2) is 9.25. The van der Waals surface area contributed by atoms with Gasteiger partial charge in [-0.1, -0.05) is 49.4 Å². The molecule has 134 valence electrons. The lowest BCUT2D eigenvalue weighted by molar-refractivity contribution is 0.104. The maximum absolute atomic E-state index is 12.2. The van der Waals surface area contributed by atoms with Gasteiger partial charge in [-0.05, 0) is 48.4 Å². The highest BCUT2D eigenvalue weighted by Gasteiger charge is 2.01. The van der Waals surface area contributed by atoms with Crippen molar-refractivity contribution in [2.75, 3.05) is 5.32 Å². The Kier molecular flexibility index (Phi) is 6.26. The van der Waals surface area contributed by atoms with Crippen molar-refractivity contribution in [2.45, 2.75) is 13.3 Å². The first-order valence-corrected chi connectivity index (χ1v) is 8.88. The molecule has 0 heterocycles. The highest BCUT2D eigenvalue weighted by molar-refractivity contribution is 6.04. The van der Waals surface area contributed by atoms with E-state index in [1.807, 2.05) is 78.9 Å². The highest BCUT2D eigenvalue weighted by atomic mass is 16.1. The lowest BCUT2D eigenvalue weighted by atomic mass is 10.1. The highest BCUT2D eigenvalue weighted by Crippen LogP contribution is 2.20. The molecule has 0 saturated carbocycles. The molecule has 0 aliphatic carbocycles. The Labute approximate surface area is 159 Å². The number of hydrogen-bond donors (Lipinski definition) is 1. The third-order valence-corrected chi connectivity index (χ3v) is 4.04. The number of hydrogen-bond acceptors (Lipinski definition) is 4. The minimum Gasteiger partial charge on any atom is -0.362 e. The summed E-state index contributed by atoms with van der Waals surface area (Å²) in [4.78, 5) is 12.2. The van der Waals surface area contributed by atoms with Gasteiger partial charge in [0.1, 0.15) is 0 Å². The fraction of sp³-hybridized carbons (Fsp3) is 0.0870. The number of carbonyl (C=O) groups excluding carboxylic acids is 1. The van der Waals surface area contributed by atoms with E-state index in [1.165, 1.54) is 11.6 Å². The molecular weight excluding hydrogens is 334 g/mol. The van der Waals surface area contributed by atoms with E-state index in [4.69, 9.17) is 0 Å². The maximum Gasteiger partial charge on any atom is 0.187 e. The minimum absolute atomic E-state index is 0.0292. The first kappa shape index (κ1) is 18.3. The molecule has 27 heavy (non-hydrogen) atoms. The van der Waals surface area contributed by atoms with E-state index < -0.39 is 0 Å². The van der Waals surface area contributed by atoms with Crippen LogP contribution in [0.1, 0.15) is 22.8 Å². The number of anilines is 1. The summed E-state index contributed by atoms with van der Waals surface area (Å²) in [6, 6.07) is 24.8. The largest absolute Gasteiger partial charge is 0.362 e. The second-order valence-electron chi connectivity index (χ2n) is 5.97. The monoisotopic (exact) mass is 355 g/mol. The summed E-state index contributed by atoms with van der Waals surface area (Å²) in [7, 11) is 0. The summed E-state index contributed by atoms with van der Waals surface area (Å²) in [5.74, 6) is -0.0292.